The second-order valence-corrected chi connectivity index (χ2v) is 8.25. The molecule has 0 aliphatic carbocycles. The van der Waals surface area contributed by atoms with Gasteiger partial charge in [0, 0.05) is 13.3 Å². The molecule has 5 nitrogen and oxygen atoms in total. The monoisotopic (exact) mass is 388 g/mol. The number of aryl methyl sites for hydroxylation is 1. The number of amides is 1. The quantitative estimate of drug-likeness (QED) is 0.477. The fourth-order valence-electron chi connectivity index (χ4n) is 2.59. The van der Waals surface area contributed by atoms with Crippen molar-refractivity contribution in [1.29, 1.82) is 0 Å². The van der Waals surface area contributed by atoms with Crippen molar-refractivity contribution in [3.05, 3.63) is 40.4 Å². The Kier molecular flexibility index (Phi) is 7.13. The van der Waals surface area contributed by atoms with Gasteiger partial charge in [-0.25, -0.2) is 4.98 Å². The summed E-state index contributed by atoms with van der Waals surface area (Å²) in [7, 11) is 0. The molecule has 2 rings (SSSR count). The van der Waals surface area contributed by atoms with E-state index < -0.39 is 0 Å². The fourth-order valence-corrected chi connectivity index (χ4v) is 3.47. The maximum absolute atomic E-state index is 12.0. The van der Waals surface area contributed by atoms with Gasteiger partial charge in [-0.05, 0) is 42.9 Å². The molecule has 0 spiro atoms. The number of hydrogen-bond acceptors (Lipinski definition) is 5. The van der Waals surface area contributed by atoms with Crippen LogP contribution in [0.5, 0.6) is 5.75 Å². The van der Waals surface area contributed by atoms with Crippen LogP contribution in [0.1, 0.15) is 67.9 Å². The van der Waals surface area contributed by atoms with Crippen molar-refractivity contribution in [2.45, 2.75) is 59.3 Å². The number of carbonyl (C=O) groups excluding carboxylic acids is 2. The molecule has 0 atom stereocenters. The molecule has 1 aromatic heterocycles. The lowest BCUT2D eigenvalue weighted by molar-refractivity contribution is -0.116. The zero-order valence-electron chi connectivity index (χ0n) is 16.7. The SMILES string of the molecule is CCC(C)(C)c1ccc(OCCCC(=O)Nc2nc(C)c(C(C)=O)s2)cc1. The molecule has 0 aliphatic heterocycles. The molecule has 146 valence electrons. The first-order valence-corrected chi connectivity index (χ1v) is 10.1. The lowest BCUT2D eigenvalue weighted by Gasteiger charge is -2.23. The Morgan fingerprint density at radius 3 is 2.44 bits per heavy atom. The minimum absolute atomic E-state index is 0.0350. The standard InChI is InChI=1S/C21H28N2O3S/c1-6-21(4,5)16-9-11-17(12-10-16)26-13-7-8-18(25)23-20-22-14(2)19(27-20)15(3)24/h9-12H,6-8,13H2,1-5H3,(H,22,23,25). The van der Waals surface area contributed by atoms with Crippen LogP contribution in [0.2, 0.25) is 0 Å². The Balaban J connectivity index is 1.75. The van der Waals surface area contributed by atoms with Crippen LogP contribution in [-0.2, 0) is 10.2 Å². The van der Waals surface area contributed by atoms with E-state index in [1.165, 1.54) is 23.8 Å². The lowest BCUT2D eigenvalue weighted by atomic mass is 9.82. The summed E-state index contributed by atoms with van der Waals surface area (Å²) >= 11 is 1.21. The van der Waals surface area contributed by atoms with Gasteiger partial charge >= 0.3 is 0 Å². The number of benzene rings is 1. The van der Waals surface area contributed by atoms with Gasteiger partial charge in [0.2, 0.25) is 5.91 Å². The molecular weight excluding hydrogens is 360 g/mol. The van der Waals surface area contributed by atoms with E-state index in [0.29, 0.717) is 35.2 Å². The number of ketones is 1. The highest BCUT2D eigenvalue weighted by molar-refractivity contribution is 7.17. The van der Waals surface area contributed by atoms with Gasteiger partial charge in [0.1, 0.15) is 5.75 Å². The molecular formula is C21H28N2O3S. The number of hydrogen-bond donors (Lipinski definition) is 1. The van der Waals surface area contributed by atoms with E-state index in [2.05, 4.69) is 43.2 Å². The maximum atomic E-state index is 12.0. The number of thiazole rings is 1. The molecule has 0 saturated carbocycles. The van der Waals surface area contributed by atoms with Crippen LogP contribution in [0.15, 0.2) is 24.3 Å². The minimum Gasteiger partial charge on any atom is -0.494 e. The van der Waals surface area contributed by atoms with E-state index in [1.54, 1.807) is 6.92 Å². The summed E-state index contributed by atoms with van der Waals surface area (Å²) in [6.07, 6.45) is 2.03. The highest BCUT2D eigenvalue weighted by atomic mass is 32.1. The van der Waals surface area contributed by atoms with E-state index in [-0.39, 0.29) is 17.1 Å². The molecule has 2 aromatic rings. The van der Waals surface area contributed by atoms with Crippen molar-refractivity contribution in [2.75, 3.05) is 11.9 Å². The fraction of sp³-hybridized carbons (Fsp3) is 0.476. The third kappa shape index (κ3) is 5.89. The second-order valence-electron chi connectivity index (χ2n) is 7.25. The normalized spacial score (nSPS) is 11.3. The molecule has 27 heavy (non-hydrogen) atoms. The lowest BCUT2D eigenvalue weighted by Crippen LogP contribution is -2.15. The number of Topliss-reactive ketones (excluding diaryl/α,β-unsaturated/α-hetero) is 1. The van der Waals surface area contributed by atoms with Gasteiger partial charge < -0.3 is 10.1 Å². The van der Waals surface area contributed by atoms with Crippen LogP contribution < -0.4 is 10.1 Å². The zero-order valence-corrected chi connectivity index (χ0v) is 17.5. The number of anilines is 1. The Morgan fingerprint density at radius 2 is 1.89 bits per heavy atom. The van der Waals surface area contributed by atoms with Gasteiger partial charge in [0.05, 0.1) is 17.2 Å². The van der Waals surface area contributed by atoms with Crippen LogP contribution in [-0.4, -0.2) is 23.3 Å². The average molecular weight is 389 g/mol. The number of aromatic nitrogens is 1. The summed E-state index contributed by atoms with van der Waals surface area (Å²) in [5, 5.41) is 3.22. The Morgan fingerprint density at radius 1 is 1.22 bits per heavy atom. The summed E-state index contributed by atoms with van der Waals surface area (Å²) in [6, 6.07) is 8.16. The van der Waals surface area contributed by atoms with Crippen LogP contribution in [0.25, 0.3) is 0 Å². The molecule has 1 amide bonds. The number of nitrogens with one attached hydrogen (secondary N) is 1. The third-order valence-electron chi connectivity index (χ3n) is 4.70. The Bertz CT molecular complexity index is 794. The summed E-state index contributed by atoms with van der Waals surface area (Å²) in [6.45, 7) is 10.4. The van der Waals surface area contributed by atoms with Crippen molar-refractivity contribution in [2.24, 2.45) is 0 Å². The van der Waals surface area contributed by atoms with E-state index in [4.69, 9.17) is 4.74 Å². The molecule has 0 saturated heterocycles. The summed E-state index contributed by atoms with van der Waals surface area (Å²) in [5.74, 6) is 0.655. The number of nitrogens with zero attached hydrogens (tertiary/aromatic N) is 1. The maximum Gasteiger partial charge on any atom is 0.226 e. The first-order valence-electron chi connectivity index (χ1n) is 9.24. The van der Waals surface area contributed by atoms with Crippen LogP contribution >= 0.6 is 11.3 Å². The molecule has 0 unspecified atom stereocenters. The highest BCUT2D eigenvalue weighted by Crippen LogP contribution is 2.28. The van der Waals surface area contributed by atoms with Gasteiger partial charge in [0.15, 0.2) is 10.9 Å². The van der Waals surface area contributed by atoms with Crippen LogP contribution in [0, 0.1) is 6.92 Å². The van der Waals surface area contributed by atoms with Crippen molar-refractivity contribution in [3.63, 3.8) is 0 Å². The van der Waals surface area contributed by atoms with Crippen molar-refractivity contribution >= 4 is 28.2 Å². The van der Waals surface area contributed by atoms with Gasteiger partial charge in [-0.3, -0.25) is 9.59 Å². The molecule has 1 heterocycles. The zero-order chi connectivity index (χ0) is 20.0. The van der Waals surface area contributed by atoms with Crippen molar-refractivity contribution in [3.8, 4) is 5.75 Å². The summed E-state index contributed by atoms with van der Waals surface area (Å²) in [5.41, 5.74) is 2.11. The van der Waals surface area contributed by atoms with Crippen molar-refractivity contribution < 1.29 is 14.3 Å². The second kappa shape index (κ2) is 9.13. The van der Waals surface area contributed by atoms with Crippen molar-refractivity contribution in [1.82, 2.24) is 4.98 Å². The predicted molar refractivity (Wildman–Crippen MR) is 110 cm³/mol. The van der Waals surface area contributed by atoms with Crippen LogP contribution in [0.4, 0.5) is 5.13 Å². The third-order valence-corrected chi connectivity index (χ3v) is 5.87. The van der Waals surface area contributed by atoms with E-state index >= 15 is 0 Å². The molecule has 6 heteroatoms. The molecule has 0 fully saturated rings. The van der Waals surface area contributed by atoms with Gasteiger partial charge in [0.25, 0.3) is 0 Å². The van der Waals surface area contributed by atoms with Gasteiger partial charge in [-0.2, -0.15) is 0 Å². The van der Waals surface area contributed by atoms with E-state index in [9.17, 15) is 9.59 Å². The molecule has 0 radical (unpaired) electrons. The summed E-state index contributed by atoms with van der Waals surface area (Å²) < 4.78 is 5.72. The molecule has 0 bridgehead atoms. The first kappa shape index (κ1) is 21.1. The Labute approximate surface area is 165 Å². The topological polar surface area (TPSA) is 68.3 Å². The predicted octanol–water partition coefficient (Wildman–Crippen LogP) is 5.14. The van der Waals surface area contributed by atoms with Crippen LogP contribution in [0.3, 0.4) is 0 Å². The van der Waals surface area contributed by atoms with E-state index in [0.717, 1.165) is 12.2 Å². The average Bonchev–Trinajstić information content (AvgIpc) is 2.99. The highest BCUT2D eigenvalue weighted by Gasteiger charge is 2.17. The van der Waals surface area contributed by atoms with Gasteiger partial charge in [-0.1, -0.05) is 44.2 Å². The Hall–Kier alpha value is -2.21. The smallest absolute Gasteiger partial charge is 0.226 e. The van der Waals surface area contributed by atoms with Gasteiger partial charge in [-0.15, -0.1) is 0 Å². The largest absolute Gasteiger partial charge is 0.494 e. The molecule has 0 aliphatic rings. The van der Waals surface area contributed by atoms with E-state index in [1.807, 2.05) is 12.1 Å². The number of ether oxygens (including phenoxy) is 1. The minimum atomic E-state index is -0.123. The first-order chi connectivity index (χ1) is 12.7. The molecule has 1 aromatic carbocycles. The number of rotatable bonds is 9. The molecule has 1 N–H and O–H groups in total. The summed E-state index contributed by atoms with van der Waals surface area (Å²) in [4.78, 5) is 28.3. The number of carbonyl (C=O) groups is 2.